The summed E-state index contributed by atoms with van der Waals surface area (Å²) in [6.45, 7) is 8.67. The van der Waals surface area contributed by atoms with Gasteiger partial charge in [0.05, 0.1) is 0 Å². The molecule has 1 aromatic carbocycles. The molecule has 0 spiro atoms. The second-order valence-corrected chi connectivity index (χ2v) is 5.71. The lowest BCUT2D eigenvalue weighted by molar-refractivity contribution is 0.571. The molecule has 0 bridgehead atoms. The van der Waals surface area contributed by atoms with Gasteiger partial charge in [0, 0.05) is 11.0 Å². The Kier molecular flexibility index (Phi) is 3.11. The summed E-state index contributed by atoms with van der Waals surface area (Å²) in [5.41, 5.74) is 5.55. The van der Waals surface area contributed by atoms with E-state index in [1.807, 2.05) is 0 Å². The number of hydrogen-bond acceptors (Lipinski definition) is 0. The Morgan fingerprint density at radius 3 is 2.65 bits per heavy atom. The molecule has 0 fully saturated rings. The molecule has 0 atom stereocenters. The van der Waals surface area contributed by atoms with Gasteiger partial charge in [-0.25, -0.2) is 0 Å². The van der Waals surface area contributed by atoms with Gasteiger partial charge in [-0.05, 0) is 50.8 Å². The quantitative estimate of drug-likeness (QED) is 0.619. The van der Waals surface area contributed by atoms with E-state index in [9.17, 15) is 0 Å². The molecule has 0 nitrogen and oxygen atoms in total. The van der Waals surface area contributed by atoms with Gasteiger partial charge in [-0.2, -0.15) is 0 Å². The van der Waals surface area contributed by atoms with Gasteiger partial charge < -0.3 is 0 Å². The van der Waals surface area contributed by atoms with E-state index >= 15 is 0 Å². The van der Waals surface area contributed by atoms with E-state index in [0.29, 0.717) is 0 Å². The smallest absolute Gasteiger partial charge is 0.0320 e. The summed E-state index contributed by atoms with van der Waals surface area (Å²) in [5.74, 6) is 6.66. The summed E-state index contributed by atoms with van der Waals surface area (Å²) in [6, 6.07) is 6.47. The minimum atomic E-state index is 0.0681. The van der Waals surface area contributed by atoms with Gasteiger partial charge in [0.1, 0.15) is 0 Å². The zero-order valence-electron chi connectivity index (χ0n) is 11.2. The maximum Gasteiger partial charge on any atom is 0.0320 e. The second-order valence-electron chi connectivity index (χ2n) is 5.71. The second kappa shape index (κ2) is 4.41. The predicted octanol–water partition coefficient (Wildman–Crippen LogP) is 4.43. The van der Waals surface area contributed by atoms with Crippen LogP contribution in [0.4, 0.5) is 0 Å². The van der Waals surface area contributed by atoms with Gasteiger partial charge in [-0.3, -0.25) is 0 Å². The molecule has 0 N–H and O–H groups in total. The van der Waals surface area contributed by atoms with Gasteiger partial charge in [-0.15, -0.1) is 0 Å². The highest BCUT2D eigenvalue weighted by molar-refractivity contribution is 5.69. The molecule has 0 unspecified atom stereocenters. The minimum absolute atomic E-state index is 0.0681. The SMILES string of the molecule is CCC1=Cc2c(C#CC(C)(C)C)cccc2C1. The molecule has 1 aliphatic rings. The number of fused-ring (bicyclic) bond motifs is 1. The van der Waals surface area contributed by atoms with Crippen LogP contribution in [0.5, 0.6) is 0 Å². The topological polar surface area (TPSA) is 0 Å². The summed E-state index contributed by atoms with van der Waals surface area (Å²) >= 11 is 0. The van der Waals surface area contributed by atoms with Crippen LogP contribution in [0.25, 0.3) is 6.08 Å². The molecule has 0 saturated carbocycles. The van der Waals surface area contributed by atoms with E-state index in [0.717, 1.165) is 12.8 Å². The molecule has 1 aromatic rings. The van der Waals surface area contributed by atoms with Crippen molar-refractivity contribution in [2.45, 2.75) is 40.5 Å². The van der Waals surface area contributed by atoms with E-state index in [4.69, 9.17) is 0 Å². The molecule has 88 valence electrons. The standard InChI is InChI=1S/C17H20/c1-5-13-11-15-8-6-7-14(16(15)12-13)9-10-17(2,3)4/h6-8,12H,5,11H2,1-4H3. The summed E-state index contributed by atoms with van der Waals surface area (Å²) < 4.78 is 0. The van der Waals surface area contributed by atoms with Gasteiger partial charge in [0.2, 0.25) is 0 Å². The van der Waals surface area contributed by atoms with E-state index < -0.39 is 0 Å². The molecular weight excluding hydrogens is 204 g/mol. The van der Waals surface area contributed by atoms with Crippen LogP contribution in [0.2, 0.25) is 0 Å². The molecule has 0 heterocycles. The first-order chi connectivity index (χ1) is 7.99. The zero-order chi connectivity index (χ0) is 12.5. The van der Waals surface area contributed by atoms with Gasteiger partial charge in [-0.1, -0.05) is 42.5 Å². The van der Waals surface area contributed by atoms with E-state index in [2.05, 4.69) is 63.8 Å². The number of rotatable bonds is 1. The average Bonchev–Trinajstić information content (AvgIpc) is 2.68. The molecule has 2 rings (SSSR count). The monoisotopic (exact) mass is 224 g/mol. The Labute approximate surface area is 105 Å². The lowest BCUT2D eigenvalue weighted by atomic mass is 9.96. The molecule has 0 saturated heterocycles. The van der Waals surface area contributed by atoms with Crippen LogP contribution >= 0.6 is 0 Å². The van der Waals surface area contributed by atoms with Crippen molar-refractivity contribution in [3.8, 4) is 11.8 Å². The van der Waals surface area contributed by atoms with Crippen LogP contribution in [-0.2, 0) is 6.42 Å². The van der Waals surface area contributed by atoms with E-state index in [1.54, 1.807) is 0 Å². The maximum absolute atomic E-state index is 3.34. The normalized spacial score (nSPS) is 13.8. The van der Waals surface area contributed by atoms with Crippen molar-refractivity contribution in [2.75, 3.05) is 0 Å². The lowest BCUT2D eigenvalue weighted by Gasteiger charge is -2.07. The maximum atomic E-state index is 3.34. The van der Waals surface area contributed by atoms with Crippen molar-refractivity contribution in [3.63, 3.8) is 0 Å². The van der Waals surface area contributed by atoms with E-state index in [1.165, 1.54) is 22.3 Å². The number of allylic oxidation sites excluding steroid dienone is 1. The van der Waals surface area contributed by atoms with Crippen LogP contribution in [-0.4, -0.2) is 0 Å². The third-order valence-corrected chi connectivity index (χ3v) is 2.99. The van der Waals surface area contributed by atoms with Crippen molar-refractivity contribution in [3.05, 3.63) is 40.5 Å². The largest absolute Gasteiger partial charge is 0.0919 e. The number of hydrogen-bond donors (Lipinski definition) is 0. The third kappa shape index (κ3) is 2.80. The molecule has 0 heteroatoms. The van der Waals surface area contributed by atoms with Crippen molar-refractivity contribution in [2.24, 2.45) is 5.41 Å². The van der Waals surface area contributed by atoms with Crippen molar-refractivity contribution >= 4 is 6.08 Å². The zero-order valence-corrected chi connectivity index (χ0v) is 11.2. The Morgan fingerprint density at radius 1 is 1.24 bits per heavy atom. The molecule has 1 aliphatic carbocycles. The Bertz CT molecular complexity index is 513. The third-order valence-electron chi connectivity index (χ3n) is 2.99. The van der Waals surface area contributed by atoms with Gasteiger partial charge in [0.25, 0.3) is 0 Å². The number of benzene rings is 1. The highest BCUT2D eigenvalue weighted by Gasteiger charge is 2.13. The van der Waals surface area contributed by atoms with Gasteiger partial charge >= 0.3 is 0 Å². The Morgan fingerprint density at radius 2 is 2.00 bits per heavy atom. The summed E-state index contributed by atoms with van der Waals surface area (Å²) in [7, 11) is 0. The molecule has 0 aliphatic heterocycles. The molecule has 0 radical (unpaired) electrons. The fourth-order valence-electron chi connectivity index (χ4n) is 2.03. The van der Waals surface area contributed by atoms with Crippen LogP contribution < -0.4 is 0 Å². The summed E-state index contributed by atoms with van der Waals surface area (Å²) in [5, 5.41) is 0. The Balaban J connectivity index is 2.41. The van der Waals surface area contributed by atoms with Crippen molar-refractivity contribution in [1.29, 1.82) is 0 Å². The van der Waals surface area contributed by atoms with Crippen LogP contribution in [0, 0.1) is 17.3 Å². The summed E-state index contributed by atoms with van der Waals surface area (Å²) in [6.07, 6.45) is 4.57. The highest BCUT2D eigenvalue weighted by atomic mass is 14.2. The minimum Gasteiger partial charge on any atom is -0.0919 e. The molecule has 0 aromatic heterocycles. The predicted molar refractivity (Wildman–Crippen MR) is 74.7 cm³/mol. The average molecular weight is 224 g/mol. The van der Waals surface area contributed by atoms with Crippen LogP contribution in [0.3, 0.4) is 0 Å². The Hall–Kier alpha value is -1.48. The first kappa shape index (κ1) is 12.0. The van der Waals surface area contributed by atoms with Crippen molar-refractivity contribution in [1.82, 2.24) is 0 Å². The first-order valence-corrected chi connectivity index (χ1v) is 6.34. The molecular formula is C17H20. The fraction of sp³-hybridized carbons (Fsp3) is 0.412. The molecule has 17 heavy (non-hydrogen) atoms. The fourth-order valence-corrected chi connectivity index (χ4v) is 2.03. The summed E-state index contributed by atoms with van der Waals surface area (Å²) in [4.78, 5) is 0. The molecule has 0 amide bonds. The van der Waals surface area contributed by atoms with E-state index in [-0.39, 0.29) is 5.41 Å². The highest BCUT2D eigenvalue weighted by Crippen LogP contribution is 2.29. The lowest BCUT2D eigenvalue weighted by Crippen LogP contribution is -1.99. The first-order valence-electron chi connectivity index (χ1n) is 6.34. The van der Waals surface area contributed by atoms with Crippen molar-refractivity contribution < 1.29 is 0 Å². The van der Waals surface area contributed by atoms with Gasteiger partial charge in [0.15, 0.2) is 0 Å². The van der Waals surface area contributed by atoms with Crippen LogP contribution in [0.15, 0.2) is 23.8 Å². The van der Waals surface area contributed by atoms with Crippen LogP contribution in [0.1, 0.15) is 50.8 Å².